The van der Waals surface area contributed by atoms with Crippen LogP contribution in [-0.4, -0.2) is 58.3 Å². The quantitative estimate of drug-likeness (QED) is 0.595. The summed E-state index contributed by atoms with van der Waals surface area (Å²) < 4.78 is 5.82. The highest BCUT2D eigenvalue weighted by Gasteiger charge is 2.23. The number of hydrogen-bond acceptors (Lipinski definition) is 3. The van der Waals surface area contributed by atoms with Gasteiger partial charge < -0.3 is 14.7 Å². The molecule has 0 fully saturated rings. The molecule has 1 rings (SSSR count). The molecule has 4 nitrogen and oxygen atoms in total. The van der Waals surface area contributed by atoms with E-state index in [-0.39, 0.29) is 16.6 Å². The van der Waals surface area contributed by atoms with Crippen LogP contribution in [0.15, 0.2) is 30.3 Å². The van der Waals surface area contributed by atoms with Crippen molar-refractivity contribution in [1.82, 2.24) is 4.90 Å². The maximum atomic E-state index is 11.9. The minimum Gasteiger partial charge on any atom is -0.444 e. The number of nitrogens with zero attached hydrogens (tertiary/aromatic N) is 1. The lowest BCUT2D eigenvalue weighted by Gasteiger charge is -2.40. The van der Waals surface area contributed by atoms with Crippen molar-refractivity contribution in [3.63, 3.8) is 0 Å². The van der Waals surface area contributed by atoms with Crippen LogP contribution < -0.4 is 0 Å². The molecule has 0 bridgehead atoms. The van der Waals surface area contributed by atoms with Crippen LogP contribution in [0.2, 0.25) is 0 Å². The molecule has 1 N–H and O–H groups in total. The van der Waals surface area contributed by atoms with Gasteiger partial charge in [-0.1, -0.05) is 65.0 Å². The van der Waals surface area contributed by atoms with Crippen molar-refractivity contribution in [2.24, 2.45) is 0 Å². The fourth-order valence-corrected chi connectivity index (χ4v) is 1.65. The molecule has 0 aliphatic heterocycles. The fourth-order valence-electron chi connectivity index (χ4n) is 1.65. The topological polar surface area (TPSA) is 49.8 Å². The van der Waals surface area contributed by atoms with Gasteiger partial charge in [0.1, 0.15) is 5.60 Å². The molecule has 0 radical (unpaired) electrons. The summed E-state index contributed by atoms with van der Waals surface area (Å²) in [4.78, 5) is 13.5. The molecule has 1 aromatic carbocycles. The monoisotopic (exact) mass is 429 g/mol. The van der Waals surface area contributed by atoms with Gasteiger partial charge >= 0.3 is 6.09 Å². The number of ether oxygens (including phenoxy) is 1. The summed E-state index contributed by atoms with van der Waals surface area (Å²) in [6.07, 6.45) is 5.96. The number of hydrogen-bond donors (Lipinski definition) is 1. The summed E-state index contributed by atoms with van der Waals surface area (Å²) in [6, 6.07) is 9.30. The van der Waals surface area contributed by atoms with Gasteiger partial charge in [-0.15, -0.1) is 0 Å². The summed E-state index contributed by atoms with van der Waals surface area (Å²) in [6.45, 7) is 19.0. The lowest BCUT2D eigenvalue weighted by atomic mass is 10.1. The maximum Gasteiger partial charge on any atom is 0.410 e. The normalized spacial score (nSPS) is 13.1. The Bertz CT molecular complexity index is 542. The van der Waals surface area contributed by atoms with Crippen LogP contribution in [0.25, 0.3) is 0 Å². The van der Waals surface area contributed by atoms with Gasteiger partial charge in [-0.25, -0.2) is 14.8 Å². The van der Waals surface area contributed by atoms with Crippen molar-refractivity contribution in [2.45, 2.75) is 78.8 Å². The van der Waals surface area contributed by atoms with Crippen LogP contribution in [0.4, 0.5) is 4.79 Å². The standard InChI is InChI=1S/C15H23NO3.C7H18S.C2H6/c1-5-16(14(18)19-15(2,3)4)11-13(17)12-9-7-6-8-10-12;1-7(2,3)8(4,5)6;1-2/h6-10,13,17H,5,11H2,1-4H3;1-6H3;1-2H3. The molecular formula is C24H47NO3S. The molecule has 1 aromatic rings. The third-order valence-corrected chi connectivity index (χ3v) is 8.12. The van der Waals surface area contributed by atoms with Gasteiger partial charge in [0.05, 0.1) is 12.6 Å². The van der Waals surface area contributed by atoms with Gasteiger partial charge in [0.25, 0.3) is 0 Å². The molecule has 1 atom stereocenters. The van der Waals surface area contributed by atoms with Gasteiger partial charge in [-0.05, 0) is 56.8 Å². The second-order valence-electron chi connectivity index (χ2n) is 9.39. The molecule has 0 aromatic heterocycles. The zero-order valence-electron chi connectivity index (χ0n) is 21.0. The van der Waals surface area contributed by atoms with E-state index in [4.69, 9.17) is 4.74 Å². The molecule has 0 aliphatic rings. The highest BCUT2D eigenvalue weighted by molar-refractivity contribution is 8.33. The van der Waals surface area contributed by atoms with E-state index in [1.54, 1.807) is 0 Å². The van der Waals surface area contributed by atoms with E-state index < -0.39 is 17.8 Å². The Morgan fingerprint density at radius 1 is 1.03 bits per heavy atom. The predicted molar refractivity (Wildman–Crippen MR) is 131 cm³/mol. The summed E-state index contributed by atoms with van der Waals surface area (Å²) >= 11 is 0. The van der Waals surface area contributed by atoms with E-state index in [1.165, 1.54) is 4.90 Å². The van der Waals surface area contributed by atoms with E-state index in [9.17, 15) is 9.90 Å². The van der Waals surface area contributed by atoms with Gasteiger partial charge in [0.2, 0.25) is 0 Å². The number of carbonyl (C=O) groups is 1. The van der Waals surface area contributed by atoms with Crippen molar-refractivity contribution in [3.8, 4) is 0 Å². The molecule has 0 saturated carbocycles. The number of carbonyl (C=O) groups excluding carboxylic acids is 1. The van der Waals surface area contributed by atoms with Gasteiger partial charge in [-0.3, -0.25) is 0 Å². The first-order chi connectivity index (χ1) is 13.1. The van der Waals surface area contributed by atoms with Crippen LogP contribution in [-0.2, 0) is 4.74 Å². The van der Waals surface area contributed by atoms with E-state index in [0.29, 0.717) is 11.3 Å². The maximum absolute atomic E-state index is 11.9. The number of amides is 1. The van der Waals surface area contributed by atoms with Gasteiger partial charge in [0.15, 0.2) is 0 Å². The SMILES string of the molecule is CC.CC(C)(C)S(C)(C)C.CCN(CC(O)c1ccccc1)C(=O)OC(C)(C)C. The average molecular weight is 430 g/mol. The smallest absolute Gasteiger partial charge is 0.410 e. The first kappa shape index (κ1) is 30.0. The number of aliphatic hydroxyl groups is 1. The molecule has 1 unspecified atom stereocenters. The second-order valence-corrected chi connectivity index (χ2v) is 14.3. The van der Waals surface area contributed by atoms with E-state index in [0.717, 1.165) is 5.56 Å². The Balaban J connectivity index is 0. The van der Waals surface area contributed by atoms with Crippen LogP contribution in [0.1, 0.15) is 74.0 Å². The summed E-state index contributed by atoms with van der Waals surface area (Å²) in [5.74, 6) is 0. The molecule has 0 heterocycles. The summed E-state index contributed by atoms with van der Waals surface area (Å²) in [7, 11) is -0.340. The van der Waals surface area contributed by atoms with Crippen LogP contribution in [0.5, 0.6) is 0 Å². The van der Waals surface area contributed by atoms with E-state index >= 15 is 0 Å². The zero-order chi connectivity index (χ0) is 23.5. The van der Waals surface area contributed by atoms with Crippen LogP contribution >= 0.6 is 10.0 Å². The van der Waals surface area contributed by atoms with Crippen molar-refractivity contribution >= 4 is 16.1 Å². The largest absolute Gasteiger partial charge is 0.444 e. The second kappa shape index (κ2) is 13.2. The van der Waals surface area contributed by atoms with Crippen LogP contribution in [0, 0.1) is 0 Å². The molecular weight excluding hydrogens is 382 g/mol. The molecule has 172 valence electrons. The molecule has 5 heteroatoms. The Kier molecular flexibility index (Phi) is 13.6. The Labute approximate surface area is 182 Å². The highest BCUT2D eigenvalue weighted by Crippen LogP contribution is 2.48. The minimum atomic E-state index is -0.700. The number of aliphatic hydroxyl groups excluding tert-OH is 1. The number of benzene rings is 1. The summed E-state index contributed by atoms with van der Waals surface area (Å²) in [5.41, 5.74) is 0.270. The number of rotatable bonds is 4. The lowest BCUT2D eigenvalue weighted by molar-refractivity contribution is 0.0157. The molecule has 29 heavy (non-hydrogen) atoms. The first-order valence-corrected chi connectivity index (χ1v) is 13.3. The van der Waals surface area contributed by atoms with E-state index in [1.807, 2.05) is 71.9 Å². The lowest BCUT2D eigenvalue weighted by Crippen LogP contribution is -2.39. The minimum absolute atomic E-state index is 0.232. The Morgan fingerprint density at radius 3 is 1.76 bits per heavy atom. The molecule has 0 aliphatic carbocycles. The van der Waals surface area contributed by atoms with Gasteiger partial charge in [0, 0.05) is 6.54 Å². The number of likely N-dealkylation sites (N-methyl/N-ethyl adjacent to an activating group) is 1. The highest BCUT2D eigenvalue weighted by atomic mass is 32.3. The average Bonchev–Trinajstić information content (AvgIpc) is 2.59. The molecule has 1 amide bonds. The zero-order valence-corrected chi connectivity index (χ0v) is 21.8. The van der Waals surface area contributed by atoms with Gasteiger partial charge in [-0.2, -0.15) is 0 Å². The third kappa shape index (κ3) is 13.6. The fraction of sp³-hybridized carbons (Fsp3) is 0.708. The van der Waals surface area contributed by atoms with Crippen molar-refractivity contribution in [2.75, 3.05) is 31.9 Å². The molecule has 0 spiro atoms. The van der Waals surface area contributed by atoms with Crippen molar-refractivity contribution in [3.05, 3.63) is 35.9 Å². The van der Waals surface area contributed by atoms with Crippen molar-refractivity contribution < 1.29 is 14.6 Å². The Morgan fingerprint density at radius 2 is 1.45 bits per heavy atom. The summed E-state index contributed by atoms with van der Waals surface area (Å²) in [5, 5.41) is 10.1. The van der Waals surface area contributed by atoms with Crippen molar-refractivity contribution in [1.29, 1.82) is 0 Å². The predicted octanol–water partition coefficient (Wildman–Crippen LogP) is 6.48. The Hall–Kier alpha value is -1.20. The first-order valence-electron chi connectivity index (χ1n) is 10.5. The molecule has 0 saturated heterocycles. The van der Waals surface area contributed by atoms with E-state index in [2.05, 4.69) is 39.5 Å². The third-order valence-electron chi connectivity index (χ3n) is 4.45. The van der Waals surface area contributed by atoms with Crippen LogP contribution in [0.3, 0.4) is 0 Å².